The van der Waals surface area contributed by atoms with Gasteiger partial charge in [0, 0.05) is 18.8 Å². The molecule has 0 saturated heterocycles. The number of nitrogens with one attached hydrogen (secondary N) is 1. The molecular weight excluding hydrogens is 221 g/mol. The summed E-state index contributed by atoms with van der Waals surface area (Å²) >= 11 is 0. The van der Waals surface area contributed by atoms with E-state index in [0.29, 0.717) is 11.3 Å². The predicted molar refractivity (Wildman–Crippen MR) is 54.9 cm³/mol. The Labute approximate surface area is 91.1 Å². The van der Waals surface area contributed by atoms with Crippen molar-refractivity contribution >= 4 is 5.69 Å². The van der Waals surface area contributed by atoms with Gasteiger partial charge < -0.3 is 16.2 Å². The molecule has 6 heteroatoms. The number of rotatable bonds is 4. The Morgan fingerprint density at radius 2 is 2.00 bits per heavy atom. The second-order valence-corrected chi connectivity index (χ2v) is 3.22. The van der Waals surface area contributed by atoms with Gasteiger partial charge in [-0.15, -0.1) is 0 Å². The molecule has 0 aliphatic carbocycles. The van der Waals surface area contributed by atoms with E-state index in [1.807, 2.05) is 0 Å². The van der Waals surface area contributed by atoms with E-state index in [1.54, 1.807) is 0 Å². The van der Waals surface area contributed by atoms with Crippen molar-refractivity contribution < 1.29 is 18.3 Å². The van der Waals surface area contributed by atoms with Crippen LogP contribution < -0.4 is 11.1 Å². The lowest BCUT2D eigenvalue weighted by molar-refractivity contribution is -0.137. The first-order chi connectivity index (χ1) is 7.49. The summed E-state index contributed by atoms with van der Waals surface area (Å²) in [4.78, 5) is 0. The van der Waals surface area contributed by atoms with Crippen LogP contribution in [0.25, 0.3) is 0 Å². The highest BCUT2D eigenvalue weighted by atomic mass is 19.4. The van der Waals surface area contributed by atoms with Crippen LogP contribution in [-0.2, 0) is 12.7 Å². The number of aliphatic hydroxyl groups is 1. The number of anilines is 1. The highest BCUT2D eigenvalue weighted by Gasteiger charge is 2.30. The van der Waals surface area contributed by atoms with Crippen molar-refractivity contribution in [2.75, 3.05) is 18.5 Å². The van der Waals surface area contributed by atoms with Crippen LogP contribution in [0.1, 0.15) is 11.1 Å². The molecule has 0 amide bonds. The Kier molecular flexibility index (Phi) is 4.14. The normalized spacial score (nSPS) is 11.6. The fourth-order valence-electron chi connectivity index (χ4n) is 1.30. The number of hydrogen-bond donors (Lipinski definition) is 3. The molecule has 0 heterocycles. The second-order valence-electron chi connectivity index (χ2n) is 3.22. The summed E-state index contributed by atoms with van der Waals surface area (Å²) < 4.78 is 37.2. The van der Waals surface area contributed by atoms with Gasteiger partial charge in [0.25, 0.3) is 0 Å². The molecule has 0 fully saturated rings. The zero-order valence-corrected chi connectivity index (χ0v) is 8.51. The molecule has 1 rings (SSSR count). The topological polar surface area (TPSA) is 58.3 Å². The molecule has 0 unspecified atom stereocenters. The Bertz CT molecular complexity index is 352. The molecule has 0 saturated carbocycles. The Morgan fingerprint density at radius 3 is 2.50 bits per heavy atom. The van der Waals surface area contributed by atoms with Crippen molar-refractivity contribution in [3.05, 3.63) is 29.3 Å². The van der Waals surface area contributed by atoms with Gasteiger partial charge in [-0.2, -0.15) is 13.2 Å². The Morgan fingerprint density at radius 1 is 1.31 bits per heavy atom. The molecular formula is C10H13F3N2O. The monoisotopic (exact) mass is 234 g/mol. The van der Waals surface area contributed by atoms with E-state index in [0.717, 1.165) is 12.1 Å². The summed E-state index contributed by atoms with van der Waals surface area (Å²) in [5.41, 5.74) is 5.54. The van der Waals surface area contributed by atoms with Crippen LogP contribution in [0.15, 0.2) is 18.2 Å². The molecule has 3 nitrogen and oxygen atoms in total. The van der Waals surface area contributed by atoms with Crippen molar-refractivity contribution in [3.8, 4) is 0 Å². The van der Waals surface area contributed by atoms with Crippen LogP contribution in [0.3, 0.4) is 0 Å². The number of alkyl halides is 3. The minimum absolute atomic E-state index is 0.0116. The Balaban J connectivity index is 2.97. The van der Waals surface area contributed by atoms with Gasteiger partial charge in [0.2, 0.25) is 0 Å². The van der Waals surface area contributed by atoms with Crippen molar-refractivity contribution in [3.63, 3.8) is 0 Å². The SMILES string of the molecule is NCc1cc(C(F)(F)F)ccc1NCCO. The number of hydrogen-bond acceptors (Lipinski definition) is 3. The molecule has 0 spiro atoms. The number of halogens is 3. The van der Waals surface area contributed by atoms with Gasteiger partial charge in [-0.05, 0) is 23.8 Å². The quantitative estimate of drug-likeness (QED) is 0.741. The van der Waals surface area contributed by atoms with Gasteiger partial charge in [-0.25, -0.2) is 0 Å². The van der Waals surface area contributed by atoms with E-state index in [-0.39, 0.29) is 19.7 Å². The van der Waals surface area contributed by atoms with Gasteiger partial charge >= 0.3 is 6.18 Å². The van der Waals surface area contributed by atoms with Crippen molar-refractivity contribution in [2.45, 2.75) is 12.7 Å². The second kappa shape index (κ2) is 5.18. The molecule has 0 atom stereocenters. The maximum atomic E-state index is 12.4. The fraction of sp³-hybridized carbons (Fsp3) is 0.400. The smallest absolute Gasteiger partial charge is 0.395 e. The minimum atomic E-state index is -4.36. The van der Waals surface area contributed by atoms with Crippen molar-refractivity contribution in [1.82, 2.24) is 0 Å². The lowest BCUT2D eigenvalue weighted by atomic mass is 10.1. The van der Waals surface area contributed by atoms with Crippen molar-refractivity contribution in [1.29, 1.82) is 0 Å². The molecule has 1 aromatic rings. The third-order valence-corrected chi connectivity index (χ3v) is 2.08. The summed E-state index contributed by atoms with van der Waals surface area (Å²) in [5.74, 6) is 0. The van der Waals surface area contributed by atoms with Crippen LogP contribution in [0.4, 0.5) is 18.9 Å². The summed E-state index contributed by atoms with van der Waals surface area (Å²) in [6.45, 7) is 0.196. The van der Waals surface area contributed by atoms with E-state index in [2.05, 4.69) is 5.32 Å². The van der Waals surface area contributed by atoms with Crippen LogP contribution in [0.5, 0.6) is 0 Å². The minimum Gasteiger partial charge on any atom is -0.395 e. The third-order valence-electron chi connectivity index (χ3n) is 2.08. The molecule has 1 aromatic carbocycles. The number of nitrogens with two attached hydrogens (primary N) is 1. The first kappa shape index (κ1) is 12.8. The van der Waals surface area contributed by atoms with Crippen LogP contribution in [-0.4, -0.2) is 18.3 Å². The fourth-order valence-corrected chi connectivity index (χ4v) is 1.30. The van der Waals surface area contributed by atoms with Gasteiger partial charge in [0.1, 0.15) is 0 Å². The Hall–Kier alpha value is -1.27. The van der Waals surface area contributed by atoms with Crippen LogP contribution in [0.2, 0.25) is 0 Å². The van der Waals surface area contributed by atoms with Gasteiger partial charge in [0.15, 0.2) is 0 Å². The van der Waals surface area contributed by atoms with Crippen molar-refractivity contribution in [2.24, 2.45) is 5.73 Å². The number of aliphatic hydroxyl groups excluding tert-OH is 1. The molecule has 16 heavy (non-hydrogen) atoms. The van der Waals surface area contributed by atoms with E-state index >= 15 is 0 Å². The standard InChI is InChI=1S/C10H13F3N2O/c11-10(12,13)8-1-2-9(15-3-4-16)7(5-8)6-14/h1-2,5,15-16H,3-4,6,14H2. The summed E-state index contributed by atoms with van der Waals surface area (Å²) in [6.07, 6.45) is -4.36. The summed E-state index contributed by atoms with van der Waals surface area (Å²) in [5, 5.41) is 11.4. The zero-order valence-electron chi connectivity index (χ0n) is 8.51. The first-order valence-corrected chi connectivity index (χ1v) is 4.74. The molecule has 90 valence electrons. The van der Waals surface area contributed by atoms with E-state index in [4.69, 9.17) is 10.8 Å². The van der Waals surface area contributed by atoms with E-state index in [1.165, 1.54) is 6.07 Å². The molecule has 0 radical (unpaired) electrons. The lowest BCUT2D eigenvalue weighted by Crippen LogP contribution is -2.12. The third kappa shape index (κ3) is 3.11. The van der Waals surface area contributed by atoms with E-state index < -0.39 is 11.7 Å². The van der Waals surface area contributed by atoms with E-state index in [9.17, 15) is 13.2 Å². The molecule has 0 aromatic heterocycles. The predicted octanol–water partition coefficient (Wildman–Crippen LogP) is 1.57. The van der Waals surface area contributed by atoms with Gasteiger partial charge in [0.05, 0.1) is 12.2 Å². The zero-order chi connectivity index (χ0) is 12.2. The highest BCUT2D eigenvalue weighted by Crippen LogP contribution is 2.31. The van der Waals surface area contributed by atoms with Crippen LogP contribution in [0, 0.1) is 0 Å². The molecule has 0 aliphatic heterocycles. The maximum Gasteiger partial charge on any atom is 0.416 e. The highest BCUT2D eigenvalue weighted by molar-refractivity contribution is 5.53. The molecule has 0 aliphatic rings. The first-order valence-electron chi connectivity index (χ1n) is 4.74. The van der Waals surface area contributed by atoms with Crippen LogP contribution >= 0.6 is 0 Å². The maximum absolute atomic E-state index is 12.4. The summed E-state index contributed by atoms with van der Waals surface area (Å²) in [7, 11) is 0. The average Bonchev–Trinajstić information content (AvgIpc) is 2.24. The van der Waals surface area contributed by atoms with Gasteiger partial charge in [-0.1, -0.05) is 0 Å². The largest absolute Gasteiger partial charge is 0.416 e. The molecule has 0 bridgehead atoms. The number of benzene rings is 1. The average molecular weight is 234 g/mol. The lowest BCUT2D eigenvalue weighted by Gasteiger charge is -2.13. The molecule has 4 N–H and O–H groups in total. The van der Waals surface area contributed by atoms with Gasteiger partial charge in [-0.3, -0.25) is 0 Å². The summed E-state index contributed by atoms with van der Waals surface area (Å²) in [6, 6.07) is 3.32.